The number of nitrogens with zero attached hydrogens (tertiary/aromatic N) is 2. The highest BCUT2D eigenvalue weighted by Gasteiger charge is 2.24. The SMILES string of the molecule is O=C(NCC(=O)N(Cc1nc2ccccc2c(=O)[nH]1)C[C@@H]1CCCO1)Nc1ccccc1. The molecule has 0 bridgehead atoms. The molecule has 3 aromatic rings. The molecule has 1 aliphatic heterocycles. The van der Waals surface area contributed by atoms with E-state index in [-0.39, 0.29) is 30.7 Å². The largest absolute Gasteiger partial charge is 0.376 e. The highest BCUT2D eigenvalue weighted by Crippen LogP contribution is 2.15. The van der Waals surface area contributed by atoms with Gasteiger partial charge in [-0.1, -0.05) is 30.3 Å². The van der Waals surface area contributed by atoms with E-state index in [1.807, 2.05) is 12.1 Å². The summed E-state index contributed by atoms with van der Waals surface area (Å²) < 4.78 is 5.68. The number of carbonyl (C=O) groups excluding carboxylic acids is 2. The van der Waals surface area contributed by atoms with Gasteiger partial charge in [-0.2, -0.15) is 0 Å². The van der Waals surface area contributed by atoms with Crippen LogP contribution in [-0.4, -0.2) is 52.6 Å². The van der Waals surface area contributed by atoms with Crippen molar-refractivity contribution in [3.05, 3.63) is 70.8 Å². The maximum atomic E-state index is 12.9. The van der Waals surface area contributed by atoms with Crippen LogP contribution in [-0.2, 0) is 16.1 Å². The van der Waals surface area contributed by atoms with E-state index in [9.17, 15) is 14.4 Å². The topological polar surface area (TPSA) is 116 Å². The Kier molecular flexibility index (Phi) is 6.76. The van der Waals surface area contributed by atoms with E-state index in [0.29, 0.717) is 35.6 Å². The van der Waals surface area contributed by atoms with Gasteiger partial charge in [0.25, 0.3) is 5.56 Å². The molecule has 1 atom stereocenters. The molecule has 1 fully saturated rings. The number of H-pyrrole nitrogens is 1. The average Bonchev–Trinajstić information content (AvgIpc) is 3.31. The van der Waals surface area contributed by atoms with Gasteiger partial charge in [0.1, 0.15) is 5.82 Å². The number of carbonyl (C=O) groups is 2. The van der Waals surface area contributed by atoms with Crippen LogP contribution in [0.3, 0.4) is 0 Å². The number of anilines is 1. The number of benzene rings is 2. The zero-order valence-corrected chi connectivity index (χ0v) is 17.5. The Balaban J connectivity index is 1.44. The lowest BCUT2D eigenvalue weighted by molar-refractivity contribution is -0.132. The molecule has 2 heterocycles. The van der Waals surface area contributed by atoms with E-state index in [1.54, 1.807) is 47.4 Å². The molecule has 3 amide bonds. The van der Waals surface area contributed by atoms with E-state index in [2.05, 4.69) is 20.6 Å². The van der Waals surface area contributed by atoms with Crippen LogP contribution in [0.4, 0.5) is 10.5 Å². The number of aromatic amines is 1. The predicted octanol–water partition coefficient (Wildman–Crippen LogP) is 2.25. The number of aromatic nitrogens is 2. The van der Waals surface area contributed by atoms with Gasteiger partial charge in [-0.25, -0.2) is 9.78 Å². The van der Waals surface area contributed by atoms with Crippen LogP contribution in [0, 0.1) is 0 Å². The monoisotopic (exact) mass is 435 g/mol. The van der Waals surface area contributed by atoms with Crippen molar-refractivity contribution in [1.29, 1.82) is 0 Å². The minimum atomic E-state index is -0.473. The van der Waals surface area contributed by atoms with Gasteiger partial charge < -0.3 is 25.3 Å². The Hall–Kier alpha value is -3.72. The first-order chi connectivity index (χ1) is 15.6. The van der Waals surface area contributed by atoms with Crippen molar-refractivity contribution in [2.24, 2.45) is 0 Å². The van der Waals surface area contributed by atoms with Crippen molar-refractivity contribution in [3.8, 4) is 0 Å². The number of hydrogen-bond acceptors (Lipinski definition) is 5. The lowest BCUT2D eigenvalue weighted by Crippen LogP contribution is -2.44. The lowest BCUT2D eigenvalue weighted by Gasteiger charge is -2.25. The summed E-state index contributed by atoms with van der Waals surface area (Å²) >= 11 is 0. The average molecular weight is 435 g/mol. The van der Waals surface area contributed by atoms with Crippen LogP contribution < -0.4 is 16.2 Å². The number of rotatable bonds is 7. The van der Waals surface area contributed by atoms with Crippen LogP contribution >= 0.6 is 0 Å². The third-order valence-electron chi connectivity index (χ3n) is 5.24. The van der Waals surface area contributed by atoms with Crippen molar-refractivity contribution >= 4 is 28.5 Å². The molecule has 0 spiro atoms. The fraction of sp³-hybridized carbons (Fsp3) is 0.304. The van der Waals surface area contributed by atoms with Crippen molar-refractivity contribution in [2.75, 3.05) is 25.0 Å². The van der Waals surface area contributed by atoms with Crippen LogP contribution in [0.5, 0.6) is 0 Å². The molecule has 1 saturated heterocycles. The van der Waals surface area contributed by atoms with Gasteiger partial charge in [0.2, 0.25) is 5.91 Å². The highest BCUT2D eigenvalue weighted by atomic mass is 16.5. The Bertz CT molecular complexity index is 1140. The van der Waals surface area contributed by atoms with Crippen LogP contribution in [0.1, 0.15) is 18.7 Å². The van der Waals surface area contributed by atoms with Crippen molar-refractivity contribution in [1.82, 2.24) is 20.2 Å². The van der Waals surface area contributed by atoms with Gasteiger partial charge >= 0.3 is 6.03 Å². The second kappa shape index (κ2) is 10.1. The fourth-order valence-corrected chi connectivity index (χ4v) is 3.64. The number of fused-ring (bicyclic) bond motifs is 1. The summed E-state index contributed by atoms with van der Waals surface area (Å²) in [7, 11) is 0. The highest BCUT2D eigenvalue weighted by molar-refractivity contribution is 5.92. The molecule has 3 N–H and O–H groups in total. The van der Waals surface area contributed by atoms with E-state index >= 15 is 0 Å². The van der Waals surface area contributed by atoms with Crippen LogP contribution in [0.2, 0.25) is 0 Å². The number of urea groups is 1. The van der Waals surface area contributed by atoms with Gasteiger partial charge in [0.05, 0.1) is 30.1 Å². The smallest absolute Gasteiger partial charge is 0.319 e. The first kappa shape index (κ1) is 21.5. The van der Waals surface area contributed by atoms with Crippen LogP contribution in [0.15, 0.2) is 59.4 Å². The molecule has 1 aromatic heterocycles. The molecular formula is C23H25N5O4. The number of nitrogens with one attached hydrogen (secondary N) is 3. The summed E-state index contributed by atoms with van der Waals surface area (Å²) in [4.78, 5) is 46.3. The molecule has 2 aromatic carbocycles. The Morgan fingerprint density at radius 3 is 2.69 bits per heavy atom. The molecule has 4 rings (SSSR count). The lowest BCUT2D eigenvalue weighted by atomic mass is 10.2. The molecule has 166 valence electrons. The summed E-state index contributed by atoms with van der Waals surface area (Å²) in [5.74, 6) is 0.0910. The summed E-state index contributed by atoms with van der Waals surface area (Å²) in [6.45, 7) is 0.941. The van der Waals surface area contributed by atoms with Crippen molar-refractivity contribution in [3.63, 3.8) is 0 Å². The van der Waals surface area contributed by atoms with Gasteiger partial charge in [0.15, 0.2) is 0 Å². The van der Waals surface area contributed by atoms with Crippen molar-refractivity contribution < 1.29 is 14.3 Å². The number of amides is 3. The third-order valence-corrected chi connectivity index (χ3v) is 5.24. The minimum Gasteiger partial charge on any atom is -0.376 e. The standard InChI is InChI=1S/C23H25N5O4/c29-21(13-24-23(31)25-16-7-2-1-3-8-16)28(14-17-9-6-12-32-17)15-20-26-19-11-5-4-10-18(19)22(30)27-20/h1-5,7-8,10-11,17H,6,9,12-15H2,(H2,24,25,31)(H,26,27,30)/t17-/m0/s1. The molecule has 9 heteroatoms. The summed E-state index contributed by atoms with van der Waals surface area (Å²) in [6, 6.07) is 15.6. The minimum absolute atomic E-state index is 0.0794. The molecular weight excluding hydrogens is 410 g/mol. The molecule has 0 radical (unpaired) electrons. The van der Waals surface area contributed by atoms with Gasteiger partial charge in [-0.3, -0.25) is 9.59 Å². The van der Waals surface area contributed by atoms with E-state index < -0.39 is 6.03 Å². The Labute approximate surface area is 184 Å². The quantitative estimate of drug-likeness (QED) is 0.526. The number of para-hydroxylation sites is 2. The predicted molar refractivity (Wildman–Crippen MR) is 120 cm³/mol. The second-order valence-electron chi connectivity index (χ2n) is 7.61. The van der Waals surface area contributed by atoms with Gasteiger partial charge in [0, 0.05) is 18.8 Å². The summed E-state index contributed by atoms with van der Waals surface area (Å²) in [6.07, 6.45) is 1.72. The Morgan fingerprint density at radius 1 is 1.12 bits per heavy atom. The molecule has 1 aliphatic rings. The van der Waals surface area contributed by atoms with Gasteiger partial charge in [-0.15, -0.1) is 0 Å². The summed E-state index contributed by atoms with van der Waals surface area (Å²) in [5, 5.41) is 5.76. The Morgan fingerprint density at radius 2 is 1.91 bits per heavy atom. The first-order valence-electron chi connectivity index (χ1n) is 10.6. The molecule has 32 heavy (non-hydrogen) atoms. The second-order valence-corrected chi connectivity index (χ2v) is 7.61. The fourth-order valence-electron chi connectivity index (χ4n) is 3.64. The van der Waals surface area contributed by atoms with E-state index in [4.69, 9.17) is 4.74 Å². The first-order valence-corrected chi connectivity index (χ1v) is 10.6. The maximum absolute atomic E-state index is 12.9. The van der Waals surface area contributed by atoms with Gasteiger partial charge in [-0.05, 0) is 37.1 Å². The molecule has 0 saturated carbocycles. The van der Waals surface area contributed by atoms with Crippen molar-refractivity contribution in [2.45, 2.75) is 25.5 Å². The number of hydrogen-bond donors (Lipinski definition) is 3. The zero-order valence-electron chi connectivity index (χ0n) is 17.5. The zero-order chi connectivity index (χ0) is 22.3. The van der Waals surface area contributed by atoms with E-state index in [0.717, 1.165) is 12.8 Å². The summed E-state index contributed by atoms with van der Waals surface area (Å²) in [5.41, 5.74) is 0.943. The number of ether oxygens (including phenoxy) is 1. The molecule has 0 unspecified atom stereocenters. The molecule has 9 nitrogen and oxygen atoms in total. The normalized spacial score (nSPS) is 15.4. The molecule has 0 aliphatic carbocycles. The third kappa shape index (κ3) is 5.50. The van der Waals surface area contributed by atoms with Crippen LogP contribution in [0.25, 0.3) is 10.9 Å². The maximum Gasteiger partial charge on any atom is 0.319 e. The van der Waals surface area contributed by atoms with E-state index in [1.165, 1.54) is 0 Å².